The Bertz CT molecular complexity index is 645. The van der Waals surface area contributed by atoms with Gasteiger partial charge in [0.1, 0.15) is 0 Å². The third-order valence-electron chi connectivity index (χ3n) is 9.49. The summed E-state index contributed by atoms with van der Waals surface area (Å²) in [5, 5.41) is -0.278. The molecular formula is C27H48O4S. The molecule has 0 spiro atoms. The Morgan fingerprint density at radius 2 is 1.00 bits per heavy atom. The van der Waals surface area contributed by atoms with Gasteiger partial charge in [-0.2, -0.15) is 0 Å². The molecule has 0 aromatic heterocycles. The highest BCUT2D eigenvalue weighted by Crippen LogP contribution is 2.39. The Morgan fingerprint density at radius 1 is 0.594 bits per heavy atom. The molecule has 0 bridgehead atoms. The average Bonchev–Trinajstić information content (AvgIpc) is 2.82. The van der Waals surface area contributed by atoms with Crippen molar-refractivity contribution >= 4 is 9.84 Å². The summed E-state index contributed by atoms with van der Waals surface area (Å²) in [5.41, 5.74) is 0. The van der Waals surface area contributed by atoms with E-state index in [2.05, 4.69) is 6.92 Å². The van der Waals surface area contributed by atoms with E-state index in [0.717, 1.165) is 69.1 Å². The van der Waals surface area contributed by atoms with Crippen LogP contribution in [-0.2, 0) is 19.3 Å². The number of methoxy groups -OCH3 is 1. The number of rotatable bonds is 7. The van der Waals surface area contributed by atoms with Crippen LogP contribution in [0.1, 0.15) is 116 Å². The molecule has 0 saturated heterocycles. The van der Waals surface area contributed by atoms with Crippen molar-refractivity contribution in [1.29, 1.82) is 0 Å². The average molecular weight is 469 g/mol. The van der Waals surface area contributed by atoms with Gasteiger partial charge in [-0.25, -0.2) is 8.42 Å². The molecule has 0 heterocycles. The Morgan fingerprint density at radius 3 is 1.47 bits per heavy atom. The van der Waals surface area contributed by atoms with Crippen molar-refractivity contribution in [2.75, 3.05) is 7.11 Å². The van der Waals surface area contributed by atoms with Crippen LogP contribution < -0.4 is 0 Å². The third kappa shape index (κ3) is 6.50. The van der Waals surface area contributed by atoms with E-state index in [0.29, 0.717) is 6.10 Å². The molecule has 4 rings (SSSR count). The Hall–Kier alpha value is -0.130. The zero-order valence-electron chi connectivity index (χ0n) is 20.7. The first-order valence-corrected chi connectivity index (χ1v) is 15.5. The minimum Gasteiger partial charge on any atom is -0.381 e. The molecule has 32 heavy (non-hydrogen) atoms. The molecule has 0 radical (unpaired) electrons. The van der Waals surface area contributed by atoms with E-state index in [1.807, 2.05) is 0 Å². The van der Waals surface area contributed by atoms with E-state index in [1.54, 1.807) is 7.11 Å². The van der Waals surface area contributed by atoms with Crippen molar-refractivity contribution in [2.24, 2.45) is 17.8 Å². The van der Waals surface area contributed by atoms with E-state index in [-0.39, 0.29) is 22.7 Å². The minimum absolute atomic E-state index is 0.139. The van der Waals surface area contributed by atoms with Crippen molar-refractivity contribution in [3.63, 3.8) is 0 Å². The van der Waals surface area contributed by atoms with Crippen LogP contribution in [0.2, 0.25) is 0 Å². The van der Waals surface area contributed by atoms with Gasteiger partial charge in [0, 0.05) is 7.11 Å². The van der Waals surface area contributed by atoms with Gasteiger partial charge in [0.15, 0.2) is 9.84 Å². The van der Waals surface area contributed by atoms with Gasteiger partial charge in [-0.3, -0.25) is 0 Å². The topological polar surface area (TPSA) is 52.6 Å². The molecule has 0 atom stereocenters. The number of hydrogen-bond acceptors (Lipinski definition) is 4. The van der Waals surface area contributed by atoms with E-state index < -0.39 is 9.84 Å². The maximum Gasteiger partial charge on any atom is 0.156 e. The number of sulfone groups is 1. The van der Waals surface area contributed by atoms with Crippen LogP contribution in [0.4, 0.5) is 0 Å². The third-order valence-corrected chi connectivity index (χ3v) is 12.3. The molecule has 0 aliphatic heterocycles. The van der Waals surface area contributed by atoms with Gasteiger partial charge in [0.25, 0.3) is 0 Å². The van der Waals surface area contributed by atoms with Crippen LogP contribution in [0.5, 0.6) is 0 Å². The molecule has 4 aliphatic rings. The molecule has 5 heteroatoms. The Labute approximate surface area is 197 Å². The van der Waals surface area contributed by atoms with Crippen molar-refractivity contribution in [3.8, 4) is 0 Å². The molecule has 4 fully saturated rings. The minimum atomic E-state index is -3.01. The predicted octanol–water partition coefficient (Wildman–Crippen LogP) is 6.46. The summed E-state index contributed by atoms with van der Waals surface area (Å²) in [5.74, 6) is 2.85. The quantitative estimate of drug-likeness (QED) is 0.430. The standard InChI is InChI=1S/C27H48O4S/c1-20-3-5-21(6-4-20)19-22-7-9-24(10-8-22)31-25-13-17-27(18-14-25)32(28,29)26-15-11-23(30-2)12-16-26/h20-27H,3-19H2,1-2H3. The second kappa shape index (κ2) is 11.5. The fourth-order valence-corrected chi connectivity index (χ4v) is 9.58. The molecule has 0 amide bonds. The van der Waals surface area contributed by atoms with Crippen molar-refractivity contribution in [2.45, 2.75) is 145 Å². The maximum absolute atomic E-state index is 13.2. The molecule has 0 N–H and O–H groups in total. The summed E-state index contributed by atoms with van der Waals surface area (Å²) in [6.45, 7) is 2.41. The molecule has 4 nitrogen and oxygen atoms in total. The van der Waals surface area contributed by atoms with Crippen LogP contribution in [0, 0.1) is 17.8 Å². The first kappa shape index (κ1) is 25.0. The molecular weight excluding hydrogens is 420 g/mol. The summed E-state index contributed by atoms with van der Waals surface area (Å²) in [7, 11) is -1.27. The van der Waals surface area contributed by atoms with Gasteiger partial charge >= 0.3 is 0 Å². The fourth-order valence-electron chi connectivity index (χ4n) is 7.18. The van der Waals surface area contributed by atoms with Crippen molar-refractivity contribution in [1.82, 2.24) is 0 Å². The van der Waals surface area contributed by atoms with Crippen molar-refractivity contribution in [3.05, 3.63) is 0 Å². The van der Waals surface area contributed by atoms with E-state index in [9.17, 15) is 8.42 Å². The van der Waals surface area contributed by atoms with Gasteiger partial charge in [-0.1, -0.05) is 32.6 Å². The second-order valence-corrected chi connectivity index (χ2v) is 14.3. The highest BCUT2D eigenvalue weighted by Gasteiger charge is 2.39. The first-order chi connectivity index (χ1) is 15.4. The van der Waals surface area contributed by atoms with Crippen LogP contribution in [0.25, 0.3) is 0 Å². The van der Waals surface area contributed by atoms with E-state index in [1.165, 1.54) is 57.8 Å². The fraction of sp³-hybridized carbons (Fsp3) is 1.00. The number of hydrogen-bond donors (Lipinski definition) is 0. The zero-order chi connectivity index (χ0) is 22.6. The predicted molar refractivity (Wildman–Crippen MR) is 131 cm³/mol. The maximum atomic E-state index is 13.2. The van der Waals surface area contributed by atoms with Crippen LogP contribution >= 0.6 is 0 Å². The SMILES string of the molecule is COC1CCC(S(=O)(=O)C2CCC(OC3CCC(CC4CCC(C)CC4)CC3)CC2)CC1. The Kier molecular flexibility index (Phi) is 9.00. The summed E-state index contributed by atoms with van der Waals surface area (Å²) >= 11 is 0. The molecule has 0 aromatic carbocycles. The Balaban J connectivity index is 1.14. The second-order valence-electron chi connectivity index (χ2n) is 11.8. The van der Waals surface area contributed by atoms with Gasteiger partial charge in [-0.15, -0.1) is 0 Å². The summed E-state index contributed by atoms with van der Waals surface area (Å²) < 4.78 is 38.3. The highest BCUT2D eigenvalue weighted by molar-refractivity contribution is 7.92. The molecule has 4 saturated carbocycles. The monoisotopic (exact) mass is 468 g/mol. The lowest BCUT2D eigenvalue weighted by molar-refractivity contribution is -0.0519. The van der Waals surface area contributed by atoms with Crippen LogP contribution in [0.15, 0.2) is 0 Å². The zero-order valence-corrected chi connectivity index (χ0v) is 21.5. The normalized spacial score (nSPS) is 41.9. The largest absolute Gasteiger partial charge is 0.381 e. The van der Waals surface area contributed by atoms with Crippen LogP contribution in [0.3, 0.4) is 0 Å². The van der Waals surface area contributed by atoms with Crippen LogP contribution in [-0.4, -0.2) is 44.3 Å². The molecule has 0 unspecified atom stereocenters. The first-order valence-electron chi connectivity index (χ1n) is 13.8. The summed E-state index contributed by atoms with van der Waals surface area (Å²) in [6.07, 6.45) is 20.1. The lowest BCUT2D eigenvalue weighted by Crippen LogP contribution is -2.40. The number of ether oxygens (including phenoxy) is 2. The lowest BCUT2D eigenvalue weighted by Gasteiger charge is -2.37. The molecule has 4 aliphatic carbocycles. The summed E-state index contributed by atoms with van der Waals surface area (Å²) in [6, 6.07) is 0. The lowest BCUT2D eigenvalue weighted by atomic mass is 9.75. The van der Waals surface area contributed by atoms with Gasteiger partial charge in [0.2, 0.25) is 0 Å². The van der Waals surface area contributed by atoms with Gasteiger partial charge < -0.3 is 9.47 Å². The highest BCUT2D eigenvalue weighted by atomic mass is 32.2. The smallest absolute Gasteiger partial charge is 0.156 e. The van der Waals surface area contributed by atoms with Crippen molar-refractivity contribution < 1.29 is 17.9 Å². The van der Waals surface area contributed by atoms with E-state index >= 15 is 0 Å². The van der Waals surface area contributed by atoms with E-state index in [4.69, 9.17) is 9.47 Å². The van der Waals surface area contributed by atoms with Gasteiger partial charge in [-0.05, 0) is 101 Å². The molecule has 0 aromatic rings. The van der Waals surface area contributed by atoms with Gasteiger partial charge in [0.05, 0.1) is 28.8 Å². The molecule has 186 valence electrons. The summed E-state index contributed by atoms with van der Waals surface area (Å²) in [4.78, 5) is 0.